The van der Waals surface area contributed by atoms with Gasteiger partial charge in [0.1, 0.15) is 0 Å². The van der Waals surface area contributed by atoms with Crippen LogP contribution in [-0.4, -0.2) is 9.11 Å². The highest BCUT2D eigenvalue weighted by atomic mass is 33.2. The van der Waals surface area contributed by atoms with E-state index in [1.807, 2.05) is 0 Å². The van der Waals surface area contributed by atoms with Crippen molar-refractivity contribution in [3.63, 3.8) is 0 Å². The molecule has 0 aliphatic rings. The van der Waals surface area contributed by atoms with Gasteiger partial charge in [-0.15, -0.1) is 0 Å². The number of rotatable bonds is 1. The third-order valence-electron chi connectivity index (χ3n) is 0.103. The normalized spacial score (nSPS) is 20.0. The summed E-state index contributed by atoms with van der Waals surface area (Å²) < 4.78 is 39.1. The van der Waals surface area contributed by atoms with Gasteiger partial charge in [0.25, 0.3) is 0 Å². The molecule has 0 radical (unpaired) electrons. The molecule has 6 heteroatoms. The molecule has 2 unspecified atom stereocenters. The Balaban J connectivity index is 2.99. The predicted octanol–water partition coefficient (Wildman–Crippen LogP) is 0.168. The van der Waals surface area contributed by atoms with E-state index in [0.29, 0.717) is 0 Å². The maximum Gasteiger partial charge on any atom is 0.447 e. The second-order valence-electron chi connectivity index (χ2n) is 0.388. The van der Waals surface area contributed by atoms with Gasteiger partial charge in [-0.1, -0.05) is 0 Å². The molecule has 6 heavy (non-hydrogen) atoms. The smallest absolute Gasteiger partial charge is 0.447 e. The van der Waals surface area contributed by atoms with Crippen LogP contribution in [0.25, 0.3) is 0 Å². The Hall–Kier alpha value is 0.480. The molecule has 2 nitrogen and oxygen atoms in total. The minimum atomic E-state index is -3.31. The molecule has 38 valence electrons. The summed E-state index contributed by atoms with van der Waals surface area (Å²) in [5.41, 5.74) is 0. The molecule has 0 aromatic carbocycles. The molecule has 0 aromatic rings. The van der Waals surface area contributed by atoms with E-state index in [1.165, 1.54) is 0 Å². The minimum absolute atomic E-state index is 3.31. The van der Waals surface area contributed by atoms with Gasteiger partial charge < -0.3 is 9.11 Å². The van der Waals surface area contributed by atoms with Crippen LogP contribution in [0.3, 0.4) is 0 Å². The average molecular weight is 134 g/mol. The van der Waals surface area contributed by atoms with Gasteiger partial charge in [0.2, 0.25) is 0 Å². The molecule has 0 amide bonds. The molecule has 2 atom stereocenters. The quantitative estimate of drug-likeness (QED) is 0.379. The highest BCUT2D eigenvalue weighted by Gasteiger charge is 2.27. The molecule has 0 rings (SSSR count). The fourth-order valence-corrected chi connectivity index (χ4v) is 0. The van der Waals surface area contributed by atoms with Crippen molar-refractivity contribution in [2.45, 2.75) is 0 Å². The predicted molar refractivity (Wildman–Crippen MR) is 18.5 cm³/mol. The van der Waals surface area contributed by atoms with Crippen molar-refractivity contribution >= 4 is 21.2 Å². The van der Waals surface area contributed by atoms with E-state index in [4.69, 9.17) is 9.11 Å². The van der Waals surface area contributed by atoms with E-state index in [0.717, 1.165) is 0 Å². The van der Waals surface area contributed by atoms with E-state index in [2.05, 4.69) is 0 Å². The van der Waals surface area contributed by atoms with Crippen molar-refractivity contribution in [1.29, 1.82) is 0 Å². The lowest BCUT2D eigenvalue weighted by atomic mass is 15.9. The van der Waals surface area contributed by atoms with E-state index in [-0.39, 0.29) is 0 Å². The van der Waals surface area contributed by atoms with Gasteiger partial charge in [0.05, 0.1) is 7.77 Å². The van der Waals surface area contributed by atoms with Crippen LogP contribution in [0, 0.1) is 0 Å². The lowest BCUT2D eigenvalue weighted by molar-refractivity contribution is 0.533. The molecule has 0 bridgehead atoms. The third kappa shape index (κ3) is 2.70. The van der Waals surface area contributed by atoms with Gasteiger partial charge in [0, 0.05) is 0 Å². The van der Waals surface area contributed by atoms with Crippen LogP contribution in [0.2, 0.25) is 0 Å². The van der Waals surface area contributed by atoms with Crippen LogP contribution >= 0.6 is 0 Å². The Morgan fingerprint density at radius 2 is 1.17 bits per heavy atom. The zero-order chi connectivity index (χ0) is 5.15. The molecular weight excluding hydrogens is 134 g/mol. The van der Waals surface area contributed by atoms with Gasteiger partial charge in [-0.3, -0.25) is 0 Å². The van der Waals surface area contributed by atoms with Crippen molar-refractivity contribution in [3.8, 4) is 0 Å². The van der Waals surface area contributed by atoms with Crippen molar-refractivity contribution in [1.82, 2.24) is 0 Å². The monoisotopic (exact) mass is 134 g/mol. The fourth-order valence-electron chi connectivity index (χ4n) is 0. The van der Waals surface area contributed by atoms with Gasteiger partial charge >= 0.3 is 21.2 Å². The zero-order valence-corrected chi connectivity index (χ0v) is 4.02. The summed E-state index contributed by atoms with van der Waals surface area (Å²) >= 11 is 0. The lowest BCUT2D eigenvalue weighted by Gasteiger charge is -1.84. The number of hydrogen-bond donors (Lipinski definition) is 0. The SMILES string of the molecule is [O-][S+](F)[S+]([O-])F. The molecule has 0 aliphatic carbocycles. The van der Waals surface area contributed by atoms with Gasteiger partial charge in [-0.25, -0.2) is 0 Å². The minimum Gasteiger partial charge on any atom is -0.530 e. The summed E-state index contributed by atoms with van der Waals surface area (Å²) in [6, 6.07) is 0. The molecule has 0 heterocycles. The summed E-state index contributed by atoms with van der Waals surface area (Å²) in [7, 11) is -6.62. The Morgan fingerprint density at radius 3 is 1.17 bits per heavy atom. The first-order valence-corrected chi connectivity index (χ1v) is 3.43. The first-order valence-electron chi connectivity index (χ1n) is 0.809. The highest BCUT2D eigenvalue weighted by Crippen LogP contribution is 2.04. The molecule has 0 aliphatic heterocycles. The third-order valence-corrected chi connectivity index (χ3v) is 0.927. The maximum absolute atomic E-state index is 10.6. The van der Waals surface area contributed by atoms with Crippen LogP contribution in [0.4, 0.5) is 7.77 Å². The molecule has 0 spiro atoms. The van der Waals surface area contributed by atoms with Crippen LogP contribution in [-0.2, 0) is 21.2 Å². The van der Waals surface area contributed by atoms with Crippen molar-refractivity contribution in [2.24, 2.45) is 0 Å². The summed E-state index contributed by atoms with van der Waals surface area (Å²) in [5.74, 6) is 0. The van der Waals surface area contributed by atoms with E-state index < -0.39 is 21.2 Å². The van der Waals surface area contributed by atoms with Crippen LogP contribution < -0.4 is 0 Å². The summed E-state index contributed by atoms with van der Waals surface area (Å²) in [6.45, 7) is 0. The Morgan fingerprint density at radius 1 is 1.00 bits per heavy atom. The summed E-state index contributed by atoms with van der Waals surface area (Å²) in [5, 5.41) is 0. The van der Waals surface area contributed by atoms with E-state index in [1.54, 1.807) is 0 Å². The standard InChI is InChI=1S/F2O2S2/c1-5(3)6(2)4. The van der Waals surface area contributed by atoms with Crippen molar-refractivity contribution in [2.75, 3.05) is 0 Å². The molecule has 0 saturated carbocycles. The fraction of sp³-hybridized carbons (Fsp3) is 0. The van der Waals surface area contributed by atoms with Crippen LogP contribution in [0.5, 0.6) is 0 Å². The average Bonchev–Trinajstić information content (AvgIpc) is 1.36. The lowest BCUT2D eigenvalue weighted by Crippen LogP contribution is -2.01. The summed E-state index contributed by atoms with van der Waals surface area (Å²) in [6.07, 6.45) is 0. The number of hydrogen-bond acceptors (Lipinski definition) is 2. The summed E-state index contributed by atoms with van der Waals surface area (Å²) in [4.78, 5) is 0. The Labute approximate surface area is 38.9 Å². The topological polar surface area (TPSA) is 46.1 Å². The molecule has 0 N–H and O–H groups in total. The first kappa shape index (κ1) is 6.48. The van der Waals surface area contributed by atoms with Gasteiger partial charge in [-0.05, 0) is 0 Å². The van der Waals surface area contributed by atoms with E-state index >= 15 is 0 Å². The second-order valence-corrected chi connectivity index (χ2v) is 2.74. The van der Waals surface area contributed by atoms with E-state index in [9.17, 15) is 7.77 Å². The molecule has 0 aromatic heterocycles. The maximum atomic E-state index is 10.6. The first-order chi connectivity index (χ1) is 2.64. The Bertz CT molecular complexity index is 30.5. The van der Waals surface area contributed by atoms with Crippen LogP contribution in [0.1, 0.15) is 0 Å². The van der Waals surface area contributed by atoms with Crippen molar-refractivity contribution < 1.29 is 16.9 Å². The number of halogens is 2. The van der Waals surface area contributed by atoms with Crippen LogP contribution in [0.15, 0.2) is 0 Å². The van der Waals surface area contributed by atoms with Crippen molar-refractivity contribution in [3.05, 3.63) is 0 Å². The highest BCUT2D eigenvalue weighted by molar-refractivity contribution is 8.63. The molecular formula is F2O2S2. The van der Waals surface area contributed by atoms with Gasteiger partial charge in [0.15, 0.2) is 0 Å². The molecule has 0 fully saturated rings. The largest absolute Gasteiger partial charge is 0.530 e. The molecule has 0 saturated heterocycles. The second kappa shape index (κ2) is 2.62. The van der Waals surface area contributed by atoms with Gasteiger partial charge in [-0.2, -0.15) is 0 Å². The zero-order valence-electron chi connectivity index (χ0n) is 2.39. The Kier molecular flexibility index (Phi) is 2.83.